The Balaban J connectivity index is 2.49. The van der Waals surface area contributed by atoms with Crippen molar-refractivity contribution < 1.29 is 24.3 Å². The highest BCUT2D eigenvalue weighted by Crippen LogP contribution is 2.14. The maximum Gasteiger partial charge on any atom is 0.312 e. The van der Waals surface area contributed by atoms with Crippen LogP contribution in [0.15, 0.2) is 24.3 Å². The quantitative estimate of drug-likeness (QED) is 0.246. The van der Waals surface area contributed by atoms with Crippen molar-refractivity contribution in [3.8, 4) is 0 Å². The second-order valence-corrected chi connectivity index (χ2v) is 7.89. The van der Waals surface area contributed by atoms with Crippen molar-refractivity contribution in [2.75, 3.05) is 18.4 Å². The molecule has 0 radical (unpaired) electrons. The van der Waals surface area contributed by atoms with Gasteiger partial charge in [-0.05, 0) is 50.3 Å². The minimum absolute atomic E-state index is 0.0769. The molecule has 4 amide bonds. The van der Waals surface area contributed by atoms with Crippen molar-refractivity contribution in [1.82, 2.24) is 10.6 Å². The maximum atomic E-state index is 12.7. The average molecular weight is 449 g/mol. The van der Waals surface area contributed by atoms with Crippen molar-refractivity contribution in [2.45, 2.75) is 64.9 Å². The van der Waals surface area contributed by atoms with Crippen LogP contribution in [0.25, 0.3) is 0 Å². The van der Waals surface area contributed by atoms with E-state index in [1.807, 2.05) is 0 Å². The second kappa shape index (κ2) is 15.8. The molecule has 0 aliphatic rings. The Kier molecular flexibility index (Phi) is 13.4. The minimum atomic E-state index is -0.619. The number of urea groups is 1. The number of primary amides is 1. The largest absolute Gasteiger partial charge is 0.392 e. The van der Waals surface area contributed by atoms with Crippen LogP contribution in [-0.2, 0) is 21.0 Å². The first-order chi connectivity index (χ1) is 15.3. The number of rotatable bonds is 16. The molecular formula is C23H36N4O5. The maximum absolute atomic E-state index is 12.7. The smallest absolute Gasteiger partial charge is 0.312 e. The number of amides is 4. The predicted octanol–water partition coefficient (Wildman–Crippen LogP) is 2.23. The molecule has 32 heavy (non-hydrogen) atoms. The van der Waals surface area contributed by atoms with Crippen molar-refractivity contribution in [1.29, 1.82) is 0 Å². The summed E-state index contributed by atoms with van der Waals surface area (Å²) in [6, 6.07) is 6.24. The highest BCUT2D eigenvalue weighted by Gasteiger charge is 2.19. The third-order valence-corrected chi connectivity index (χ3v) is 5.03. The van der Waals surface area contributed by atoms with Crippen LogP contribution < -0.4 is 21.7 Å². The molecule has 0 aromatic heterocycles. The van der Waals surface area contributed by atoms with Gasteiger partial charge in [-0.2, -0.15) is 0 Å². The van der Waals surface area contributed by atoms with Crippen molar-refractivity contribution in [3.63, 3.8) is 0 Å². The van der Waals surface area contributed by atoms with Gasteiger partial charge in [-0.25, -0.2) is 4.79 Å². The summed E-state index contributed by atoms with van der Waals surface area (Å²) < 4.78 is 0. The van der Waals surface area contributed by atoms with Gasteiger partial charge in [-0.3, -0.25) is 9.59 Å². The van der Waals surface area contributed by atoms with Crippen molar-refractivity contribution >= 4 is 29.3 Å². The summed E-state index contributed by atoms with van der Waals surface area (Å²) in [5.41, 5.74) is 6.41. The molecule has 1 rings (SSSR count). The van der Waals surface area contributed by atoms with E-state index in [0.717, 1.165) is 31.2 Å². The van der Waals surface area contributed by atoms with Crippen LogP contribution in [0.4, 0.5) is 10.5 Å². The van der Waals surface area contributed by atoms with E-state index >= 15 is 0 Å². The van der Waals surface area contributed by atoms with Gasteiger partial charge < -0.3 is 31.6 Å². The fraction of sp³-hybridized carbons (Fsp3) is 0.565. The lowest BCUT2D eigenvalue weighted by atomic mass is 10.0. The number of hydrogen-bond donors (Lipinski definition) is 5. The van der Waals surface area contributed by atoms with Gasteiger partial charge in [-0.15, -0.1) is 0 Å². The standard InChI is InChI=1S/C23H36N4O5/c1-17(29)7-4-2-3-5-9-21(30)26-15-19(8-6-14-25-23(24)32)22(31)27-20-12-10-18(16-28)11-13-20/h10-13,19,28H,2-9,14-16H2,1H3,(H,26,30)(H,27,31)(H3,24,25,32). The third kappa shape index (κ3) is 12.7. The number of carbonyl (C=O) groups is 4. The third-order valence-electron chi connectivity index (χ3n) is 5.03. The number of ketones is 1. The molecular weight excluding hydrogens is 412 g/mol. The van der Waals surface area contributed by atoms with E-state index in [4.69, 9.17) is 10.8 Å². The molecule has 0 bridgehead atoms. The SMILES string of the molecule is CC(=O)CCCCCCC(=O)NCC(CCCNC(N)=O)C(=O)Nc1ccc(CO)cc1. The predicted molar refractivity (Wildman–Crippen MR) is 123 cm³/mol. The molecule has 1 atom stereocenters. The second-order valence-electron chi connectivity index (χ2n) is 7.89. The molecule has 0 fully saturated rings. The van der Waals surface area contributed by atoms with Gasteiger partial charge >= 0.3 is 6.03 Å². The molecule has 1 aromatic carbocycles. The number of hydrogen-bond acceptors (Lipinski definition) is 5. The van der Waals surface area contributed by atoms with E-state index in [0.29, 0.717) is 37.9 Å². The number of aliphatic hydroxyl groups is 1. The zero-order valence-electron chi connectivity index (χ0n) is 18.8. The number of anilines is 1. The van der Waals surface area contributed by atoms with Gasteiger partial charge in [0.15, 0.2) is 0 Å². The zero-order chi connectivity index (χ0) is 23.8. The first-order valence-corrected chi connectivity index (χ1v) is 11.1. The van der Waals surface area contributed by atoms with Gasteiger partial charge in [0.1, 0.15) is 5.78 Å². The number of unbranched alkanes of at least 4 members (excludes halogenated alkanes) is 3. The fourth-order valence-electron chi connectivity index (χ4n) is 3.16. The van der Waals surface area contributed by atoms with Gasteiger partial charge in [-0.1, -0.05) is 25.0 Å². The van der Waals surface area contributed by atoms with E-state index in [9.17, 15) is 19.2 Å². The lowest BCUT2D eigenvalue weighted by Crippen LogP contribution is -2.36. The van der Waals surface area contributed by atoms with Crippen LogP contribution >= 0.6 is 0 Å². The Labute approximate surface area is 189 Å². The number of nitrogens with one attached hydrogen (secondary N) is 3. The Bertz CT molecular complexity index is 736. The van der Waals surface area contributed by atoms with Gasteiger partial charge in [0.2, 0.25) is 11.8 Å². The van der Waals surface area contributed by atoms with Crippen LogP contribution in [0.1, 0.15) is 63.9 Å². The monoisotopic (exact) mass is 448 g/mol. The number of carbonyl (C=O) groups excluding carboxylic acids is 4. The summed E-state index contributed by atoms with van der Waals surface area (Å²) >= 11 is 0. The summed E-state index contributed by atoms with van der Waals surface area (Å²) in [6.45, 7) is 2.04. The first kappa shape index (κ1) is 27.1. The Morgan fingerprint density at radius 3 is 2.19 bits per heavy atom. The molecule has 0 aliphatic heterocycles. The zero-order valence-corrected chi connectivity index (χ0v) is 18.8. The summed E-state index contributed by atoms with van der Waals surface area (Å²) in [7, 11) is 0. The molecule has 9 heteroatoms. The van der Waals surface area contributed by atoms with E-state index in [1.54, 1.807) is 31.2 Å². The van der Waals surface area contributed by atoms with E-state index in [1.165, 1.54) is 0 Å². The number of benzene rings is 1. The van der Waals surface area contributed by atoms with E-state index in [2.05, 4.69) is 16.0 Å². The lowest BCUT2D eigenvalue weighted by molar-refractivity contribution is -0.123. The van der Waals surface area contributed by atoms with Crippen molar-refractivity contribution in [2.24, 2.45) is 11.7 Å². The van der Waals surface area contributed by atoms with Crippen LogP contribution in [0.5, 0.6) is 0 Å². The van der Waals surface area contributed by atoms with Gasteiger partial charge in [0, 0.05) is 31.6 Å². The number of aliphatic hydroxyl groups excluding tert-OH is 1. The summed E-state index contributed by atoms with van der Waals surface area (Å²) in [5.74, 6) is -0.633. The summed E-state index contributed by atoms with van der Waals surface area (Å²) in [6.07, 6.45) is 5.34. The Hall–Kier alpha value is -2.94. The molecule has 9 nitrogen and oxygen atoms in total. The molecule has 0 saturated carbocycles. The summed E-state index contributed by atoms with van der Waals surface area (Å²) in [5, 5.41) is 17.3. The molecule has 0 heterocycles. The van der Waals surface area contributed by atoms with Crippen LogP contribution in [-0.4, -0.2) is 41.8 Å². The van der Waals surface area contributed by atoms with E-state index < -0.39 is 11.9 Å². The molecule has 0 saturated heterocycles. The van der Waals surface area contributed by atoms with Crippen LogP contribution in [0, 0.1) is 5.92 Å². The lowest BCUT2D eigenvalue weighted by Gasteiger charge is -2.18. The number of nitrogens with two attached hydrogens (primary N) is 1. The van der Waals surface area contributed by atoms with Crippen LogP contribution in [0.3, 0.4) is 0 Å². The molecule has 1 unspecified atom stereocenters. The Morgan fingerprint density at radius 1 is 0.938 bits per heavy atom. The molecule has 1 aromatic rings. The number of Topliss-reactive ketones (excluding diaryl/α,β-unsaturated/α-hetero) is 1. The Morgan fingerprint density at radius 2 is 1.59 bits per heavy atom. The first-order valence-electron chi connectivity index (χ1n) is 11.1. The molecule has 0 spiro atoms. The van der Waals surface area contributed by atoms with E-state index in [-0.39, 0.29) is 30.7 Å². The topological polar surface area (TPSA) is 151 Å². The normalized spacial score (nSPS) is 11.4. The molecule has 6 N–H and O–H groups in total. The van der Waals surface area contributed by atoms with Crippen molar-refractivity contribution in [3.05, 3.63) is 29.8 Å². The molecule has 0 aliphatic carbocycles. The average Bonchev–Trinajstić information content (AvgIpc) is 2.75. The minimum Gasteiger partial charge on any atom is -0.392 e. The van der Waals surface area contributed by atoms with Crippen LogP contribution in [0.2, 0.25) is 0 Å². The fourth-order valence-corrected chi connectivity index (χ4v) is 3.16. The van der Waals surface area contributed by atoms with Gasteiger partial charge in [0.25, 0.3) is 0 Å². The van der Waals surface area contributed by atoms with Gasteiger partial charge in [0.05, 0.1) is 12.5 Å². The highest BCUT2D eigenvalue weighted by atomic mass is 16.3. The molecule has 178 valence electrons. The highest BCUT2D eigenvalue weighted by molar-refractivity contribution is 5.93. The summed E-state index contributed by atoms with van der Waals surface area (Å²) in [4.78, 5) is 46.7.